The molecule has 1 rings (SSSR count). The van der Waals surface area contributed by atoms with Gasteiger partial charge in [0.1, 0.15) is 10.9 Å². The second kappa shape index (κ2) is 5.17. The molecule has 0 aliphatic heterocycles. The molecule has 7 nitrogen and oxygen atoms in total. The molecule has 1 heterocycles. The van der Waals surface area contributed by atoms with E-state index in [1.807, 2.05) is 0 Å². The summed E-state index contributed by atoms with van der Waals surface area (Å²) in [7, 11) is 0. The number of hydrogen-bond donors (Lipinski definition) is 1. The highest BCUT2D eigenvalue weighted by Gasteiger charge is 2.28. The van der Waals surface area contributed by atoms with Gasteiger partial charge in [-0.05, 0) is 20.8 Å². The number of aliphatic carboxylic acids is 1. The Kier molecular flexibility index (Phi) is 4.11. The van der Waals surface area contributed by atoms with Crippen LogP contribution in [0.5, 0.6) is 0 Å². The van der Waals surface area contributed by atoms with Crippen LogP contribution in [0, 0.1) is 17.0 Å². The van der Waals surface area contributed by atoms with Gasteiger partial charge in [-0.1, -0.05) is 11.8 Å². The van der Waals surface area contributed by atoms with E-state index in [0.717, 1.165) is 11.8 Å². The summed E-state index contributed by atoms with van der Waals surface area (Å²) in [6, 6.07) is 0. The fraction of sp³-hybridized carbons (Fsp3) is 0.556. The Morgan fingerprint density at radius 2 is 2.29 bits per heavy atom. The normalized spacial score (nSPS) is 12.4. The van der Waals surface area contributed by atoms with Gasteiger partial charge in [0.15, 0.2) is 5.03 Å². The number of rotatable bonds is 5. The van der Waals surface area contributed by atoms with Crippen LogP contribution in [0.4, 0.5) is 5.69 Å². The average Bonchev–Trinajstić information content (AvgIpc) is 2.54. The second-order valence-corrected chi connectivity index (χ2v) is 4.74. The van der Waals surface area contributed by atoms with E-state index in [-0.39, 0.29) is 5.69 Å². The number of carboxylic acids is 1. The van der Waals surface area contributed by atoms with Crippen molar-refractivity contribution < 1.29 is 14.8 Å². The van der Waals surface area contributed by atoms with Crippen molar-refractivity contribution in [2.75, 3.05) is 0 Å². The summed E-state index contributed by atoms with van der Waals surface area (Å²) in [5.74, 6) is -1.01. The van der Waals surface area contributed by atoms with Crippen LogP contribution in [0.2, 0.25) is 0 Å². The molecule has 1 atom stereocenters. The third-order valence-corrected chi connectivity index (χ3v) is 3.35. The van der Waals surface area contributed by atoms with Crippen molar-refractivity contribution in [3.05, 3.63) is 15.8 Å². The van der Waals surface area contributed by atoms with Gasteiger partial charge in [-0.3, -0.25) is 19.6 Å². The summed E-state index contributed by atoms with van der Waals surface area (Å²) < 4.78 is 1.46. The van der Waals surface area contributed by atoms with Crippen molar-refractivity contribution >= 4 is 23.4 Å². The first-order valence-corrected chi connectivity index (χ1v) is 5.87. The van der Waals surface area contributed by atoms with Crippen LogP contribution < -0.4 is 0 Å². The minimum absolute atomic E-state index is 0.107. The molecular weight excluding hydrogens is 246 g/mol. The van der Waals surface area contributed by atoms with Gasteiger partial charge < -0.3 is 5.11 Å². The zero-order chi connectivity index (χ0) is 13.2. The molecule has 0 spiro atoms. The minimum atomic E-state index is -1.01. The quantitative estimate of drug-likeness (QED) is 0.490. The number of thioether (sulfide) groups is 1. The highest BCUT2D eigenvalue weighted by molar-refractivity contribution is 8.00. The highest BCUT2D eigenvalue weighted by atomic mass is 32.2. The molecule has 8 heteroatoms. The molecule has 17 heavy (non-hydrogen) atoms. The Bertz CT molecular complexity index is 457. The molecule has 0 saturated heterocycles. The van der Waals surface area contributed by atoms with Crippen molar-refractivity contribution in [1.82, 2.24) is 9.78 Å². The Hall–Kier alpha value is -1.57. The summed E-state index contributed by atoms with van der Waals surface area (Å²) in [6.07, 6.45) is 0. The number of nitro groups is 1. The van der Waals surface area contributed by atoms with E-state index in [9.17, 15) is 14.9 Å². The van der Waals surface area contributed by atoms with Crippen molar-refractivity contribution in [2.24, 2.45) is 0 Å². The molecule has 0 aliphatic carbocycles. The van der Waals surface area contributed by atoms with Crippen LogP contribution in [0.25, 0.3) is 0 Å². The lowest BCUT2D eigenvalue weighted by Gasteiger charge is -2.06. The summed E-state index contributed by atoms with van der Waals surface area (Å²) >= 11 is 0.938. The predicted molar refractivity (Wildman–Crippen MR) is 62.2 cm³/mol. The van der Waals surface area contributed by atoms with E-state index in [4.69, 9.17) is 5.11 Å². The van der Waals surface area contributed by atoms with Gasteiger partial charge in [-0.15, -0.1) is 0 Å². The maximum atomic E-state index is 10.9. The number of hydrogen-bond acceptors (Lipinski definition) is 5. The molecule has 1 N–H and O–H groups in total. The zero-order valence-electron chi connectivity index (χ0n) is 9.71. The molecule has 0 saturated carbocycles. The van der Waals surface area contributed by atoms with Crippen LogP contribution in [0.15, 0.2) is 5.03 Å². The van der Waals surface area contributed by atoms with Gasteiger partial charge >= 0.3 is 11.7 Å². The SMILES string of the molecule is CCn1nc(C)c([N+](=O)[O-])c1SC(C)C(=O)O. The third kappa shape index (κ3) is 2.76. The van der Waals surface area contributed by atoms with Crippen molar-refractivity contribution in [3.63, 3.8) is 0 Å². The lowest BCUT2D eigenvalue weighted by Crippen LogP contribution is -2.13. The molecule has 0 aliphatic rings. The maximum absolute atomic E-state index is 10.9. The summed E-state index contributed by atoms with van der Waals surface area (Å²) in [6.45, 7) is 5.29. The molecule has 0 fully saturated rings. The van der Waals surface area contributed by atoms with Gasteiger partial charge in [0.2, 0.25) is 0 Å². The lowest BCUT2D eigenvalue weighted by molar-refractivity contribution is -0.388. The minimum Gasteiger partial charge on any atom is -0.480 e. The second-order valence-electron chi connectivity index (χ2n) is 3.41. The van der Waals surface area contributed by atoms with Crippen molar-refractivity contribution in [1.29, 1.82) is 0 Å². The first-order chi connectivity index (χ1) is 7.88. The van der Waals surface area contributed by atoms with Gasteiger partial charge in [-0.2, -0.15) is 5.10 Å². The molecule has 0 radical (unpaired) electrons. The molecule has 1 aromatic rings. The van der Waals surface area contributed by atoms with E-state index in [0.29, 0.717) is 17.3 Å². The van der Waals surface area contributed by atoms with Crippen LogP contribution in [-0.4, -0.2) is 31.0 Å². The maximum Gasteiger partial charge on any atom is 0.323 e. The van der Waals surface area contributed by atoms with E-state index in [2.05, 4.69) is 5.10 Å². The van der Waals surface area contributed by atoms with Crippen LogP contribution >= 0.6 is 11.8 Å². The number of aromatic nitrogens is 2. The Balaban J connectivity index is 3.19. The number of carboxylic acid groups (broad SMARTS) is 1. The third-order valence-electron chi connectivity index (χ3n) is 2.17. The Morgan fingerprint density at radius 1 is 1.71 bits per heavy atom. The van der Waals surface area contributed by atoms with Crippen molar-refractivity contribution in [2.45, 2.75) is 37.6 Å². The van der Waals surface area contributed by atoms with E-state index in [1.165, 1.54) is 11.6 Å². The van der Waals surface area contributed by atoms with Gasteiger partial charge in [-0.25, -0.2) is 0 Å². The molecule has 94 valence electrons. The van der Waals surface area contributed by atoms with Crippen LogP contribution in [0.1, 0.15) is 19.5 Å². The number of nitrogens with zero attached hydrogens (tertiary/aromatic N) is 3. The molecule has 0 aromatic carbocycles. The van der Waals surface area contributed by atoms with Crippen LogP contribution in [0.3, 0.4) is 0 Å². The zero-order valence-corrected chi connectivity index (χ0v) is 10.5. The summed E-state index contributed by atoms with van der Waals surface area (Å²) in [5.41, 5.74) is 0.196. The molecule has 0 amide bonds. The Morgan fingerprint density at radius 3 is 2.71 bits per heavy atom. The lowest BCUT2D eigenvalue weighted by atomic mass is 10.4. The van der Waals surface area contributed by atoms with Crippen molar-refractivity contribution in [3.8, 4) is 0 Å². The summed E-state index contributed by atoms with van der Waals surface area (Å²) in [5, 5.41) is 23.3. The van der Waals surface area contributed by atoms with Crippen LogP contribution in [-0.2, 0) is 11.3 Å². The number of aryl methyl sites for hydroxylation is 2. The standard InChI is InChI=1S/C9H13N3O4S/c1-4-11-8(17-6(3)9(13)14)7(12(15)16)5(2)10-11/h6H,4H2,1-3H3,(H,13,14). The molecule has 1 aromatic heterocycles. The number of carbonyl (C=O) groups is 1. The van der Waals surface area contributed by atoms with Gasteiger partial charge in [0, 0.05) is 6.54 Å². The summed E-state index contributed by atoms with van der Waals surface area (Å²) in [4.78, 5) is 21.2. The topological polar surface area (TPSA) is 98.3 Å². The van der Waals surface area contributed by atoms with Gasteiger partial charge in [0.05, 0.1) is 4.92 Å². The molecule has 0 bridgehead atoms. The first-order valence-electron chi connectivity index (χ1n) is 4.99. The average molecular weight is 259 g/mol. The first kappa shape index (κ1) is 13.5. The Labute approximate surface area is 102 Å². The van der Waals surface area contributed by atoms with E-state index in [1.54, 1.807) is 13.8 Å². The van der Waals surface area contributed by atoms with E-state index >= 15 is 0 Å². The van der Waals surface area contributed by atoms with E-state index < -0.39 is 16.1 Å². The fourth-order valence-corrected chi connectivity index (χ4v) is 2.37. The molecule has 1 unspecified atom stereocenters. The smallest absolute Gasteiger partial charge is 0.323 e. The van der Waals surface area contributed by atoms with Gasteiger partial charge in [0.25, 0.3) is 0 Å². The molecular formula is C9H13N3O4S. The predicted octanol–water partition coefficient (Wildman–Crippen LogP) is 1.68. The monoisotopic (exact) mass is 259 g/mol. The fourth-order valence-electron chi connectivity index (χ4n) is 1.31. The largest absolute Gasteiger partial charge is 0.480 e. The highest BCUT2D eigenvalue weighted by Crippen LogP contribution is 2.34.